The number of nitrogens with zero attached hydrogens (tertiary/aromatic N) is 1. The van der Waals surface area contributed by atoms with Crippen LogP contribution in [0, 0.1) is 11.3 Å². The van der Waals surface area contributed by atoms with Crippen LogP contribution < -0.4 is 0 Å². The third-order valence-corrected chi connectivity index (χ3v) is 5.10. The number of carbonyl (C=O) groups excluding carboxylic acids is 2. The predicted octanol–water partition coefficient (Wildman–Crippen LogP) is 5.03. The van der Waals surface area contributed by atoms with Crippen LogP contribution in [0.25, 0.3) is 0 Å². The largest absolute Gasteiger partial charge is 0.511 e. The smallest absolute Gasteiger partial charge is 0.341 e. The molecule has 0 radical (unpaired) electrons. The summed E-state index contributed by atoms with van der Waals surface area (Å²) in [6.45, 7) is 10.1. The summed E-state index contributed by atoms with van der Waals surface area (Å²) in [5, 5.41) is 12.6. The van der Waals surface area contributed by atoms with E-state index in [1.54, 1.807) is 6.92 Å². The molecule has 0 unspecified atom stereocenters. The van der Waals surface area contributed by atoms with Gasteiger partial charge in [0.05, 0.1) is 17.7 Å². The second-order valence-corrected chi connectivity index (χ2v) is 8.68. The van der Waals surface area contributed by atoms with E-state index in [0.29, 0.717) is 35.9 Å². The van der Waals surface area contributed by atoms with Crippen LogP contribution in [-0.2, 0) is 16.0 Å². The molecule has 6 heteroatoms. The minimum Gasteiger partial charge on any atom is -0.511 e. The molecule has 5 nitrogen and oxygen atoms in total. The van der Waals surface area contributed by atoms with Crippen LogP contribution in [0.1, 0.15) is 63.4 Å². The van der Waals surface area contributed by atoms with Crippen molar-refractivity contribution in [1.82, 2.24) is 0 Å². The molecule has 1 aromatic rings. The maximum absolute atomic E-state index is 12.4. The van der Waals surface area contributed by atoms with Crippen LogP contribution in [0.3, 0.4) is 0 Å². The molecule has 1 N–H and O–H groups in total. The Labute approximate surface area is 158 Å². The number of esters is 1. The number of hydrogen-bond acceptors (Lipinski definition) is 6. The maximum atomic E-state index is 12.4. The first-order chi connectivity index (χ1) is 12.1. The summed E-state index contributed by atoms with van der Waals surface area (Å²) in [5.74, 6) is -0.0693. The molecule has 0 aliphatic heterocycles. The average Bonchev–Trinajstić information content (AvgIpc) is 2.87. The number of ether oxygens (including phenoxy) is 1. The molecule has 2 rings (SSSR count). The molecule has 0 fully saturated rings. The quantitative estimate of drug-likeness (QED) is 0.557. The Morgan fingerprint density at radius 2 is 2.12 bits per heavy atom. The normalized spacial score (nSPS) is 17.4. The fourth-order valence-corrected chi connectivity index (χ4v) is 3.97. The van der Waals surface area contributed by atoms with Crippen molar-refractivity contribution in [1.29, 1.82) is 0 Å². The molecule has 0 saturated heterocycles. The van der Waals surface area contributed by atoms with Crippen molar-refractivity contribution >= 4 is 34.3 Å². The standard InChI is InChI=1S/C20H27NO4S/c1-6-25-19(24)17-13(7-12(2)3)11-26-18(17)21-10-14-15(22)8-20(4,5)9-16(14)23/h10-12,22H,6-9H2,1-5H3. The summed E-state index contributed by atoms with van der Waals surface area (Å²) in [7, 11) is 0. The highest BCUT2D eigenvalue weighted by atomic mass is 32.1. The summed E-state index contributed by atoms with van der Waals surface area (Å²) in [5.41, 5.74) is 1.36. The van der Waals surface area contributed by atoms with Crippen molar-refractivity contribution in [2.75, 3.05) is 6.61 Å². The molecule has 1 aromatic heterocycles. The summed E-state index contributed by atoms with van der Waals surface area (Å²) in [6, 6.07) is 0. The second kappa shape index (κ2) is 8.16. The third-order valence-electron chi connectivity index (χ3n) is 4.16. The van der Waals surface area contributed by atoms with Crippen LogP contribution >= 0.6 is 11.3 Å². The van der Waals surface area contributed by atoms with Crippen molar-refractivity contribution in [3.05, 3.63) is 27.8 Å². The molecule has 0 bridgehead atoms. The van der Waals surface area contributed by atoms with Gasteiger partial charge in [0.2, 0.25) is 0 Å². The topological polar surface area (TPSA) is 76.0 Å². The van der Waals surface area contributed by atoms with Gasteiger partial charge in [0.1, 0.15) is 10.8 Å². The number of aliphatic hydroxyl groups excluding tert-OH is 1. The van der Waals surface area contributed by atoms with E-state index in [9.17, 15) is 14.7 Å². The molecule has 1 heterocycles. The second-order valence-electron chi connectivity index (χ2n) is 7.82. The number of hydrogen-bond donors (Lipinski definition) is 1. The number of rotatable bonds is 6. The van der Waals surface area contributed by atoms with E-state index in [-0.39, 0.29) is 22.5 Å². The van der Waals surface area contributed by atoms with Crippen LogP contribution in [0.5, 0.6) is 0 Å². The van der Waals surface area contributed by atoms with E-state index in [1.807, 2.05) is 19.2 Å². The van der Waals surface area contributed by atoms with Gasteiger partial charge in [0.25, 0.3) is 0 Å². The number of Topliss-reactive ketones (excluding diaryl/α,β-unsaturated/α-hetero) is 1. The Morgan fingerprint density at radius 3 is 2.69 bits per heavy atom. The monoisotopic (exact) mass is 377 g/mol. The molecule has 0 aromatic carbocycles. The SMILES string of the molecule is CCOC(=O)c1c(CC(C)C)csc1N=CC1=C(O)CC(C)(C)CC1=O. The Hall–Kier alpha value is -1.95. The lowest BCUT2D eigenvalue weighted by Crippen LogP contribution is -2.26. The first-order valence-electron chi connectivity index (χ1n) is 8.91. The van der Waals surface area contributed by atoms with Gasteiger partial charge in [-0.05, 0) is 35.6 Å². The van der Waals surface area contributed by atoms with E-state index < -0.39 is 5.97 Å². The van der Waals surface area contributed by atoms with Crippen LogP contribution in [0.2, 0.25) is 0 Å². The lowest BCUT2D eigenvalue weighted by Gasteiger charge is -2.28. The van der Waals surface area contributed by atoms with Gasteiger partial charge in [0, 0.05) is 19.1 Å². The minimum absolute atomic E-state index is 0.0617. The van der Waals surface area contributed by atoms with Gasteiger partial charge in [-0.25, -0.2) is 9.79 Å². The molecule has 0 saturated carbocycles. The van der Waals surface area contributed by atoms with Crippen molar-refractivity contribution in [2.45, 2.75) is 53.9 Å². The van der Waals surface area contributed by atoms with Gasteiger partial charge in [-0.1, -0.05) is 27.7 Å². The maximum Gasteiger partial charge on any atom is 0.341 e. The zero-order valence-corrected chi connectivity index (χ0v) is 16.9. The number of allylic oxidation sites excluding steroid dienone is 2. The number of thiophene rings is 1. The summed E-state index contributed by atoms with van der Waals surface area (Å²) in [6.07, 6.45) is 2.95. The van der Waals surface area contributed by atoms with E-state index >= 15 is 0 Å². The zero-order valence-electron chi connectivity index (χ0n) is 16.1. The number of aliphatic hydroxyl groups is 1. The highest BCUT2D eigenvalue weighted by Gasteiger charge is 2.32. The lowest BCUT2D eigenvalue weighted by atomic mass is 9.77. The fraction of sp³-hybridized carbons (Fsp3) is 0.550. The summed E-state index contributed by atoms with van der Waals surface area (Å²) < 4.78 is 5.18. The van der Waals surface area contributed by atoms with E-state index in [0.717, 1.165) is 12.0 Å². The Balaban J connectivity index is 2.37. The molecular weight excluding hydrogens is 350 g/mol. The Morgan fingerprint density at radius 1 is 1.42 bits per heavy atom. The van der Waals surface area contributed by atoms with Crippen molar-refractivity contribution in [2.24, 2.45) is 16.3 Å². The Kier molecular flexibility index (Phi) is 6.39. The lowest BCUT2D eigenvalue weighted by molar-refractivity contribution is -0.117. The molecule has 142 valence electrons. The Bertz CT molecular complexity index is 756. The van der Waals surface area contributed by atoms with Crippen LogP contribution in [0.15, 0.2) is 21.7 Å². The van der Waals surface area contributed by atoms with Gasteiger partial charge in [-0.15, -0.1) is 11.3 Å². The van der Waals surface area contributed by atoms with Gasteiger partial charge >= 0.3 is 5.97 Å². The molecule has 0 amide bonds. The van der Waals surface area contributed by atoms with E-state index in [4.69, 9.17) is 4.74 Å². The molecular formula is C20H27NO4S. The van der Waals surface area contributed by atoms with Crippen molar-refractivity contribution in [3.8, 4) is 0 Å². The molecule has 1 aliphatic rings. The van der Waals surface area contributed by atoms with Gasteiger partial charge in [-0.2, -0.15) is 0 Å². The average molecular weight is 378 g/mol. The molecule has 26 heavy (non-hydrogen) atoms. The first kappa shape index (κ1) is 20.4. The molecule has 0 spiro atoms. The van der Waals surface area contributed by atoms with Crippen LogP contribution in [0.4, 0.5) is 5.00 Å². The van der Waals surface area contributed by atoms with E-state index in [2.05, 4.69) is 18.8 Å². The molecule has 1 aliphatic carbocycles. The fourth-order valence-electron chi connectivity index (χ4n) is 3.06. The van der Waals surface area contributed by atoms with Crippen molar-refractivity contribution in [3.63, 3.8) is 0 Å². The zero-order chi connectivity index (χ0) is 19.5. The third kappa shape index (κ3) is 4.81. The first-order valence-corrected chi connectivity index (χ1v) is 9.79. The summed E-state index contributed by atoms with van der Waals surface area (Å²) in [4.78, 5) is 29.1. The highest BCUT2D eigenvalue weighted by molar-refractivity contribution is 7.14. The minimum atomic E-state index is -0.397. The van der Waals surface area contributed by atoms with Gasteiger partial charge in [-0.3, -0.25) is 4.79 Å². The van der Waals surface area contributed by atoms with Crippen molar-refractivity contribution < 1.29 is 19.4 Å². The summed E-state index contributed by atoms with van der Waals surface area (Å²) >= 11 is 1.35. The number of carbonyl (C=O) groups is 2. The molecule has 0 atom stereocenters. The van der Waals surface area contributed by atoms with Crippen LogP contribution in [-0.4, -0.2) is 29.7 Å². The number of ketones is 1. The predicted molar refractivity (Wildman–Crippen MR) is 105 cm³/mol. The van der Waals surface area contributed by atoms with E-state index in [1.165, 1.54) is 17.6 Å². The highest BCUT2D eigenvalue weighted by Crippen LogP contribution is 2.36. The van der Waals surface area contributed by atoms with Gasteiger partial charge in [0.15, 0.2) is 5.78 Å². The number of aliphatic imine (C=N–C) groups is 1. The van der Waals surface area contributed by atoms with Gasteiger partial charge < -0.3 is 9.84 Å².